The standard InChI is InChI=1S/C12H11N3OS/c1-9(7-10-5-3-2-4-6-10)11(16)14-12-15-13-8-17-12/h2-8H,1H3,(H,14,15,16)/b9-7+. The molecule has 5 heteroatoms. The molecule has 0 fully saturated rings. The van der Waals surface area contributed by atoms with Crippen molar-refractivity contribution >= 4 is 28.5 Å². The van der Waals surface area contributed by atoms with E-state index in [2.05, 4.69) is 15.5 Å². The van der Waals surface area contributed by atoms with Crippen LogP contribution < -0.4 is 5.32 Å². The number of carbonyl (C=O) groups is 1. The molecule has 1 aromatic heterocycles. The molecule has 0 aliphatic rings. The van der Waals surface area contributed by atoms with Crippen molar-refractivity contribution in [1.82, 2.24) is 10.2 Å². The fourth-order valence-electron chi connectivity index (χ4n) is 1.29. The van der Waals surface area contributed by atoms with E-state index in [-0.39, 0.29) is 5.91 Å². The van der Waals surface area contributed by atoms with Gasteiger partial charge in [0.05, 0.1) is 0 Å². The van der Waals surface area contributed by atoms with Crippen LogP contribution in [-0.2, 0) is 4.79 Å². The van der Waals surface area contributed by atoms with E-state index < -0.39 is 0 Å². The van der Waals surface area contributed by atoms with Crippen molar-refractivity contribution in [3.8, 4) is 0 Å². The van der Waals surface area contributed by atoms with E-state index in [1.165, 1.54) is 11.3 Å². The van der Waals surface area contributed by atoms with Crippen LogP contribution in [0, 0.1) is 0 Å². The molecule has 2 aromatic rings. The van der Waals surface area contributed by atoms with Crippen molar-refractivity contribution in [2.24, 2.45) is 0 Å². The summed E-state index contributed by atoms with van der Waals surface area (Å²) in [6.45, 7) is 1.77. The molecular formula is C12H11N3OS. The predicted molar refractivity (Wildman–Crippen MR) is 68.6 cm³/mol. The van der Waals surface area contributed by atoms with Crippen LogP contribution in [0.4, 0.5) is 5.13 Å². The van der Waals surface area contributed by atoms with Crippen LogP contribution in [0.5, 0.6) is 0 Å². The van der Waals surface area contributed by atoms with Crippen molar-refractivity contribution in [3.05, 3.63) is 47.0 Å². The molecule has 0 saturated heterocycles. The lowest BCUT2D eigenvalue weighted by Gasteiger charge is -2.01. The highest BCUT2D eigenvalue weighted by Crippen LogP contribution is 2.11. The minimum absolute atomic E-state index is 0.161. The SMILES string of the molecule is C/C(=C\c1ccccc1)C(=O)Nc1nncs1. The third-order valence-corrected chi connectivity index (χ3v) is 2.73. The van der Waals surface area contributed by atoms with Crippen LogP contribution in [0.3, 0.4) is 0 Å². The molecule has 1 heterocycles. The Morgan fingerprint density at radius 3 is 2.76 bits per heavy atom. The number of anilines is 1. The van der Waals surface area contributed by atoms with Gasteiger partial charge in [-0.05, 0) is 18.6 Å². The molecule has 1 aromatic carbocycles. The highest BCUT2D eigenvalue weighted by molar-refractivity contribution is 7.13. The van der Waals surface area contributed by atoms with Gasteiger partial charge in [0.2, 0.25) is 5.13 Å². The van der Waals surface area contributed by atoms with E-state index in [1.807, 2.05) is 36.4 Å². The quantitative estimate of drug-likeness (QED) is 0.845. The van der Waals surface area contributed by atoms with Crippen LogP contribution in [0.25, 0.3) is 6.08 Å². The van der Waals surface area contributed by atoms with E-state index in [0.717, 1.165) is 5.56 Å². The Bertz CT molecular complexity index is 520. The Labute approximate surface area is 103 Å². The largest absolute Gasteiger partial charge is 0.297 e. The van der Waals surface area contributed by atoms with Gasteiger partial charge in [0.25, 0.3) is 5.91 Å². The van der Waals surface area contributed by atoms with Crippen LogP contribution in [0.15, 0.2) is 41.4 Å². The number of amides is 1. The number of nitrogens with one attached hydrogen (secondary N) is 1. The first-order valence-corrected chi connectivity index (χ1v) is 5.94. The van der Waals surface area contributed by atoms with Crippen molar-refractivity contribution in [1.29, 1.82) is 0 Å². The molecule has 0 saturated carbocycles. The zero-order valence-electron chi connectivity index (χ0n) is 9.25. The summed E-state index contributed by atoms with van der Waals surface area (Å²) in [4.78, 5) is 11.8. The number of hydrogen-bond acceptors (Lipinski definition) is 4. The maximum atomic E-state index is 11.8. The van der Waals surface area contributed by atoms with Gasteiger partial charge < -0.3 is 0 Å². The summed E-state index contributed by atoms with van der Waals surface area (Å²) in [6, 6.07) is 9.70. The minimum atomic E-state index is -0.161. The maximum absolute atomic E-state index is 11.8. The van der Waals surface area contributed by atoms with E-state index >= 15 is 0 Å². The minimum Gasteiger partial charge on any atom is -0.297 e. The first-order valence-electron chi connectivity index (χ1n) is 5.06. The Balaban J connectivity index is 2.07. The van der Waals surface area contributed by atoms with Crippen molar-refractivity contribution in [2.75, 3.05) is 5.32 Å². The molecule has 17 heavy (non-hydrogen) atoms. The number of benzene rings is 1. The fourth-order valence-corrected chi connectivity index (χ4v) is 1.73. The Kier molecular flexibility index (Phi) is 3.62. The molecule has 86 valence electrons. The van der Waals surface area contributed by atoms with Gasteiger partial charge in [-0.2, -0.15) is 0 Å². The van der Waals surface area contributed by atoms with Crippen molar-refractivity contribution < 1.29 is 4.79 Å². The molecule has 0 unspecified atom stereocenters. The van der Waals surface area contributed by atoms with Crippen molar-refractivity contribution in [2.45, 2.75) is 6.92 Å². The molecule has 1 amide bonds. The summed E-state index contributed by atoms with van der Waals surface area (Å²) in [5.74, 6) is -0.161. The van der Waals surface area contributed by atoms with Gasteiger partial charge in [-0.15, -0.1) is 10.2 Å². The summed E-state index contributed by atoms with van der Waals surface area (Å²) in [6.07, 6.45) is 1.83. The number of rotatable bonds is 3. The van der Waals surface area contributed by atoms with Gasteiger partial charge in [0, 0.05) is 5.57 Å². The summed E-state index contributed by atoms with van der Waals surface area (Å²) in [7, 11) is 0. The van der Waals surface area contributed by atoms with Gasteiger partial charge in [-0.3, -0.25) is 10.1 Å². The smallest absolute Gasteiger partial charge is 0.253 e. The zero-order chi connectivity index (χ0) is 12.1. The molecule has 2 rings (SSSR count). The van der Waals surface area contributed by atoms with Crippen molar-refractivity contribution in [3.63, 3.8) is 0 Å². The molecule has 1 N–H and O–H groups in total. The normalized spacial score (nSPS) is 11.2. The number of carbonyl (C=O) groups excluding carboxylic acids is 1. The summed E-state index contributed by atoms with van der Waals surface area (Å²) in [5, 5.41) is 10.6. The highest BCUT2D eigenvalue weighted by Gasteiger charge is 2.06. The zero-order valence-corrected chi connectivity index (χ0v) is 10.1. The summed E-state index contributed by atoms with van der Waals surface area (Å²) >= 11 is 1.29. The first-order chi connectivity index (χ1) is 8.25. The van der Waals surface area contributed by atoms with Gasteiger partial charge >= 0.3 is 0 Å². The molecule has 4 nitrogen and oxygen atoms in total. The number of hydrogen-bond donors (Lipinski definition) is 1. The molecule has 0 aliphatic carbocycles. The van der Waals surface area contributed by atoms with Gasteiger partial charge in [-0.25, -0.2) is 0 Å². The lowest BCUT2D eigenvalue weighted by molar-refractivity contribution is -0.112. The molecular weight excluding hydrogens is 234 g/mol. The lowest BCUT2D eigenvalue weighted by atomic mass is 10.1. The van der Waals surface area contributed by atoms with Crippen LogP contribution in [-0.4, -0.2) is 16.1 Å². The third kappa shape index (κ3) is 3.22. The van der Waals surface area contributed by atoms with Crippen LogP contribution >= 0.6 is 11.3 Å². The average molecular weight is 245 g/mol. The monoisotopic (exact) mass is 245 g/mol. The fraction of sp³-hybridized carbons (Fsp3) is 0.0833. The number of aromatic nitrogens is 2. The summed E-state index contributed by atoms with van der Waals surface area (Å²) < 4.78 is 0. The van der Waals surface area contributed by atoms with E-state index in [9.17, 15) is 4.79 Å². The second-order valence-electron chi connectivity index (χ2n) is 3.44. The molecule has 0 atom stereocenters. The molecule has 0 bridgehead atoms. The lowest BCUT2D eigenvalue weighted by Crippen LogP contribution is -2.12. The predicted octanol–water partition coefficient (Wildman–Crippen LogP) is 2.58. The maximum Gasteiger partial charge on any atom is 0.253 e. The summed E-state index contributed by atoms with van der Waals surface area (Å²) in [5.41, 5.74) is 3.20. The van der Waals surface area contributed by atoms with Gasteiger partial charge in [0.1, 0.15) is 5.51 Å². The molecule has 0 radical (unpaired) electrons. The van der Waals surface area contributed by atoms with Gasteiger partial charge in [0.15, 0.2) is 0 Å². The second kappa shape index (κ2) is 5.36. The van der Waals surface area contributed by atoms with Crippen LogP contribution in [0.2, 0.25) is 0 Å². The Morgan fingerprint density at radius 1 is 1.35 bits per heavy atom. The third-order valence-electron chi connectivity index (χ3n) is 2.12. The van der Waals surface area contributed by atoms with Gasteiger partial charge in [-0.1, -0.05) is 41.7 Å². The van der Waals surface area contributed by atoms with E-state index in [0.29, 0.717) is 10.7 Å². The van der Waals surface area contributed by atoms with Crippen LogP contribution in [0.1, 0.15) is 12.5 Å². The highest BCUT2D eigenvalue weighted by atomic mass is 32.1. The Morgan fingerprint density at radius 2 is 2.12 bits per heavy atom. The van der Waals surface area contributed by atoms with E-state index in [1.54, 1.807) is 12.4 Å². The topological polar surface area (TPSA) is 54.9 Å². The number of nitrogens with zero attached hydrogens (tertiary/aromatic N) is 2. The Hall–Kier alpha value is -2.01. The molecule has 0 aliphatic heterocycles. The average Bonchev–Trinajstić information content (AvgIpc) is 2.83. The first kappa shape index (κ1) is 11.5. The van der Waals surface area contributed by atoms with E-state index in [4.69, 9.17) is 0 Å². The molecule has 0 spiro atoms. The second-order valence-corrected chi connectivity index (χ2v) is 4.27.